The van der Waals surface area contributed by atoms with Crippen LogP contribution < -0.4 is 0 Å². The van der Waals surface area contributed by atoms with E-state index in [1.165, 1.54) is 32.0 Å². The van der Waals surface area contributed by atoms with Crippen molar-refractivity contribution < 1.29 is 13.2 Å². The first-order valence-corrected chi connectivity index (χ1v) is 5.50. The Morgan fingerprint density at radius 3 is 1.75 bits per heavy atom. The van der Waals surface area contributed by atoms with Crippen LogP contribution in [-0.2, 0) is 0 Å². The highest BCUT2D eigenvalue weighted by atomic mass is 35.5. The highest BCUT2D eigenvalue weighted by molar-refractivity contribution is 6.34. The van der Waals surface area contributed by atoms with Gasteiger partial charge in [-0.05, 0) is 29.7 Å². The molecule has 1 atom stereocenters. The summed E-state index contributed by atoms with van der Waals surface area (Å²) >= 11 is 11.4. The summed E-state index contributed by atoms with van der Waals surface area (Å²) in [5.41, 5.74) is 0.111. The third kappa shape index (κ3) is 3.29. The maximum atomic E-state index is 12.8. The minimum absolute atomic E-state index is 0.111. The molecule has 0 fully saturated rings. The van der Waals surface area contributed by atoms with E-state index in [0.29, 0.717) is 0 Å². The van der Waals surface area contributed by atoms with Crippen LogP contribution in [0.4, 0.5) is 13.2 Å². The van der Waals surface area contributed by atoms with E-state index in [9.17, 15) is 13.2 Å². The van der Waals surface area contributed by atoms with E-state index in [2.05, 4.69) is 0 Å². The Kier molecular flexibility index (Phi) is 4.13. The quantitative estimate of drug-likeness (QED) is 0.685. The Morgan fingerprint density at radius 1 is 1.00 bits per heavy atom. The van der Waals surface area contributed by atoms with Crippen molar-refractivity contribution in [3.05, 3.63) is 33.8 Å². The Hall–Kier alpha value is -0.410. The Morgan fingerprint density at radius 2 is 1.44 bits per heavy atom. The highest BCUT2D eigenvalue weighted by Crippen LogP contribution is 2.41. The number of alkyl halides is 3. The van der Waals surface area contributed by atoms with Crippen molar-refractivity contribution in [1.29, 1.82) is 0 Å². The fourth-order valence-electron chi connectivity index (χ4n) is 1.71. The number of hydrogen-bond acceptors (Lipinski definition) is 0. The van der Waals surface area contributed by atoms with Crippen LogP contribution in [0.15, 0.2) is 18.2 Å². The highest BCUT2D eigenvalue weighted by Gasteiger charge is 2.42. The van der Waals surface area contributed by atoms with Gasteiger partial charge in [-0.3, -0.25) is 0 Å². The predicted molar refractivity (Wildman–Crippen MR) is 60.1 cm³/mol. The monoisotopic (exact) mass is 270 g/mol. The smallest absolute Gasteiger partial charge is 0.170 e. The van der Waals surface area contributed by atoms with E-state index in [4.69, 9.17) is 23.2 Å². The second-order valence-corrected chi connectivity index (χ2v) is 4.84. The van der Waals surface area contributed by atoms with Crippen LogP contribution in [0, 0.1) is 5.92 Å². The summed E-state index contributed by atoms with van der Waals surface area (Å²) in [6.45, 7) is 3.04. The van der Waals surface area contributed by atoms with E-state index < -0.39 is 18.0 Å². The summed E-state index contributed by atoms with van der Waals surface area (Å²) in [6, 6.07) is 4.04. The van der Waals surface area contributed by atoms with Crippen LogP contribution in [0.1, 0.15) is 25.3 Å². The van der Waals surface area contributed by atoms with Crippen LogP contribution >= 0.6 is 23.2 Å². The fraction of sp³-hybridized carbons (Fsp3) is 0.455. The van der Waals surface area contributed by atoms with Crippen LogP contribution in [-0.4, -0.2) is 6.18 Å². The molecular weight excluding hydrogens is 260 g/mol. The van der Waals surface area contributed by atoms with Crippen LogP contribution in [0.2, 0.25) is 10.0 Å². The maximum absolute atomic E-state index is 12.8. The zero-order valence-corrected chi connectivity index (χ0v) is 10.3. The third-order valence-electron chi connectivity index (χ3n) is 2.26. The minimum atomic E-state index is -4.29. The van der Waals surface area contributed by atoms with Gasteiger partial charge in [0.15, 0.2) is 0 Å². The molecule has 5 heteroatoms. The van der Waals surface area contributed by atoms with E-state index in [-0.39, 0.29) is 15.6 Å². The molecule has 0 spiro atoms. The fourth-order valence-corrected chi connectivity index (χ4v) is 2.25. The molecule has 1 rings (SSSR count). The van der Waals surface area contributed by atoms with Crippen molar-refractivity contribution in [3.8, 4) is 0 Å². The molecule has 0 heterocycles. The van der Waals surface area contributed by atoms with Gasteiger partial charge in [0.1, 0.15) is 0 Å². The van der Waals surface area contributed by atoms with Crippen LogP contribution in [0.25, 0.3) is 0 Å². The lowest BCUT2D eigenvalue weighted by molar-refractivity contribution is -0.159. The van der Waals surface area contributed by atoms with Gasteiger partial charge in [-0.2, -0.15) is 13.2 Å². The summed E-state index contributed by atoms with van der Waals surface area (Å²) in [4.78, 5) is 0. The first kappa shape index (κ1) is 13.7. The molecule has 1 aromatic carbocycles. The second kappa shape index (κ2) is 4.84. The largest absolute Gasteiger partial charge is 0.395 e. The average Bonchev–Trinajstić information content (AvgIpc) is 1.96. The summed E-state index contributed by atoms with van der Waals surface area (Å²) in [5, 5.41) is 0.440. The maximum Gasteiger partial charge on any atom is 0.395 e. The molecule has 0 aliphatic carbocycles. The molecule has 0 aliphatic heterocycles. The molecule has 1 unspecified atom stereocenters. The summed E-state index contributed by atoms with van der Waals surface area (Å²) in [5.74, 6) is -2.10. The molecule has 16 heavy (non-hydrogen) atoms. The molecule has 0 aromatic heterocycles. The summed E-state index contributed by atoms with van der Waals surface area (Å²) in [6.07, 6.45) is -4.29. The Labute approximate surface area is 102 Å². The van der Waals surface area contributed by atoms with Crippen molar-refractivity contribution in [3.63, 3.8) is 0 Å². The van der Waals surface area contributed by atoms with Gasteiger partial charge >= 0.3 is 6.18 Å². The SMILES string of the molecule is CC(C)C(c1cc(Cl)cc(Cl)c1)C(F)(F)F. The van der Waals surface area contributed by atoms with E-state index >= 15 is 0 Å². The van der Waals surface area contributed by atoms with Crippen molar-refractivity contribution >= 4 is 23.2 Å². The van der Waals surface area contributed by atoms with Crippen molar-refractivity contribution in [2.75, 3.05) is 0 Å². The lowest BCUT2D eigenvalue weighted by atomic mass is 9.88. The summed E-state index contributed by atoms with van der Waals surface area (Å²) in [7, 11) is 0. The zero-order chi connectivity index (χ0) is 12.5. The zero-order valence-electron chi connectivity index (χ0n) is 8.78. The van der Waals surface area contributed by atoms with Crippen LogP contribution in [0.3, 0.4) is 0 Å². The van der Waals surface area contributed by atoms with Gasteiger partial charge in [0, 0.05) is 10.0 Å². The van der Waals surface area contributed by atoms with Gasteiger partial charge in [-0.15, -0.1) is 0 Å². The molecule has 0 amide bonds. The first-order chi connectivity index (χ1) is 7.21. The van der Waals surface area contributed by atoms with Gasteiger partial charge in [-0.1, -0.05) is 37.0 Å². The minimum Gasteiger partial charge on any atom is -0.170 e. The molecule has 0 bridgehead atoms. The van der Waals surface area contributed by atoms with Gasteiger partial charge in [0.05, 0.1) is 5.92 Å². The normalized spacial score (nSPS) is 14.2. The van der Waals surface area contributed by atoms with Gasteiger partial charge in [-0.25, -0.2) is 0 Å². The number of halogens is 5. The Balaban J connectivity index is 3.21. The van der Waals surface area contributed by atoms with Gasteiger partial charge in [0.25, 0.3) is 0 Å². The molecule has 0 aliphatic rings. The first-order valence-electron chi connectivity index (χ1n) is 4.74. The predicted octanol–water partition coefficient (Wildman–Crippen LogP) is 5.30. The number of rotatable bonds is 2. The topological polar surface area (TPSA) is 0 Å². The van der Waals surface area contributed by atoms with Crippen LogP contribution in [0.5, 0.6) is 0 Å². The van der Waals surface area contributed by atoms with E-state index in [1.807, 2.05) is 0 Å². The average molecular weight is 271 g/mol. The molecule has 0 saturated carbocycles. The van der Waals surface area contributed by atoms with Crippen molar-refractivity contribution in [2.45, 2.75) is 25.9 Å². The molecule has 0 saturated heterocycles. The molecule has 0 radical (unpaired) electrons. The standard InChI is InChI=1S/C11H11Cl2F3/c1-6(2)10(11(14,15)16)7-3-8(12)5-9(13)4-7/h3-6,10H,1-2H3. The van der Waals surface area contributed by atoms with Gasteiger partial charge < -0.3 is 0 Å². The molecule has 0 nitrogen and oxygen atoms in total. The molecule has 90 valence electrons. The second-order valence-electron chi connectivity index (χ2n) is 3.97. The molecule has 1 aromatic rings. The lowest BCUT2D eigenvalue weighted by Crippen LogP contribution is -2.25. The number of hydrogen-bond donors (Lipinski definition) is 0. The lowest BCUT2D eigenvalue weighted by Gasteiger charge is -2.24. The van der Waals surface area contributed by atoms with E-state index in [1.54, 1.807) is 0 Å². The van der Waals surface area contributed by atoms with Crippen molar-refractivity contribution in [2.24, 2.45) is 5.92 Å². The molecular formula is C11H11Cl2F3. The van der Waals surface area contributed by atoms with E-state index in [0.717, 1.165) is 0 Å². The molecule has 0 N–H and O–H groups in total. The van der Waals surface area contributed by atoms with Crippen molar-refractivity contribution in [1.82, 2.24) is 0 Å². The van der Waals surface area contributed by atoms with Gasteiger partial charge in [0.2, 0.25) is 0 Å². The number of benzene rings is 1. The third-order valence-corrected chi connectivity index (χ3v) is 2.70. The Bertz CT molecular complexity index is 352. The summed E-state index contributed by atoms with van der Waals surface area (Å²) < 4.78 is 38.5.